The summed E-state index contributed by atoms with van der Waals surface area (Å²) in [7, 11) is 0. The van der Waals surface area contributed by atoms with E-state index in [1.165, 1.54) is 0 Å². The highest BCUT2D eigenvalue weighted by molar-refractivity contribution is 9.10. The minimum absolute atomic E-state index is 0.196. The molecule has 0 saturated heterocycles. The molecule has 2 rings (SSSR count). The predicted octanol–water partition coefficient (Wildman–Crippen LogP) is 5.34. The maximum absolute atomic E-state index is 6.17. The Labute approximate surface area is 124 Å². The predicted molar refractivity (Wildman–Crippen MR) is 79.3 cm³/mol. The van der Waals surface area contributed by atoms with E-state index in [0.717, 1.165) is 15.6 Å². The minimum Gasteiger partial charge on any atom is -0.216 e. The second-order valence-corrected chi connectivity index (χ2v) is 5.84. The molecule has 0 bridgehead atoms. The lowest BCUT2D eigenvalue weighted by Crippen LogP contribution is -1.99. The van der Waals surface area contributed by atoms with E-state index in [4.69, 9.17) is 23.2 Å². The maximum atomic E-state index is 6.17. The molecule has 0 aliphatic heterocycles. The fourth-order valence-electron chi connectivity index (χ4n) is 1.65. The van der Waals surface area contributed by atoms with Gasteiger partial charge in [0.1, 0.15) is 10.3 Å². The Hall–Kier alpha value is -0.640. The molecule has 0 saturated carbocycles. The Morgan fingerprint density at radius 2 is 1.72 bits per heavy atom. The molecule has 0 radical (unpaired) electrons. The molecule has 1 aromatic carbocycles. The third-order valence-electron chi connectivity index (χ3n) is 2.51. The van der Waals surface area contributed by atoms with Crippen LogP contribution in [0, 0.1) is 0 Å². The van der Waals surface area contributed by atoms with E-state index in [1.54, 1.807) is 0 Å². The number of halogens is 3. The van der Waals surface area contributed by atoms with Crippen LogP contribution < -0.4 is 0 Å². The molecule has 0 spiro atoms. The van der Waals surface area contributed by atoms with Gasteiger partial charge in [0, 0.05) is 15.6 Å². The fourth-order valence-corrected chi connectivity index (χ4v) is 2.87. The second-order valence-electron chi connectivity index (χ2n) is 4.21. The molecule has 1 aromatic heterocycles. The van der Waals surface area contributed by atoms with Crippen LogP contribution in [-0.4, -0.2) is 9.97 Å². The highest BCUT2D eigenvalue weighted by Gasteiger charge is 2.15. The molecule has 18 heavy (non-hydrogen) atoms. The Morgan fingerprint density at radius 3 is 2.22 bits per heavy atom. The monoisotopic (exact) mass is 344 g/mol. The SMILES string of the molecule is CC(C)c1c(Cl)nc(-c2cccc(Br)c2)nc1Cl. The normalized spacial score (nSPS) is 11.0. The van der Waals surface area contributed by atoms with Gasteiger partial charge in [-0.1, -0.05) is 65.1 Å². The number of aromatic nitrogens is 2. The molecule has 5 heteroatoms. The van der Waals surface area contributed by atoms with Gasteiger partial charge >= 0.3 is 0 Å². The van der Waals surface area contributed by atoms with Crippen molar-refractivity contribution in [2.45, 2.75) is 19.8 Å². The lowest BCUT2D eigenvalue weighted by Gasteiger charge is -2.11. The minimum atomic E-state index is 0.196. The van der Waals surface area contributed by atoms with E-state index in [9.17, 15) is 0 Å². The van der Waals surface area contributed by atoms with Crippen molar-refractivity contribution in [1.29, 1.82) is 0 Å². The van der Waals surface area contributed by atoms with Crippen LogP contribution in [0.25, 0.3) is 11.4 Å². The molecule has 2 aromatic rings. The van der Waals surface area contributed by atoms with Crippen LogP contribution in [-0.2, 0) is 0 Å². The molecule has 94 valence electrons. The van der Waals surface area contributed by atoms with E-state index in [-0.39, 0.29) is 5.92 Å². The van der Waals surface area contributed by atoms with Crippen molar-refractivity contribution >= 4 is 39.1 Å². The lowest BCUT2D eigenvalue weighted by molar-refractivity contribution is 0.848. The molecule has 0 unspecified atom stereocenters. The third-order valence-corrected chi connectivity index (χ3v) is 3.58. The maximum Gasteiger partial charge on any atom is 0.162 e. The first-order valence-corrected chi connectivity index (χ1v) is 7.03. The molecule has 0 fully saturated rings. The van der Waals surface area contributed by atoms with Crippen molar-refractivity contribution in [3.8, 4) is 11.4 Å². The van der Waals surface area contributed by atoms with Gasteiger partial charge in [0.25, 0.3) is 0 Å². The van der Waals surface area contributed by atoms with Gasteiger partial charge in [-0.15, -0.1) is 0 Å². The third kappa shape index (κ3) is 2.85. The van der Waals surface area contributed by atoms with E-state index < -0.39 is 0 Å². The van der Waals surface area contributed by atoms with Gasteiger partial charge in [0.05, 0.1) is 0 Å². The van der Waals surface area contributed by atoms with Gasteiger partial charge in [-0.05, 0) is 18.1 Å². The molecule has 0 amide bonds. The summed E-state index contributed by atoms with van der Waals surface area (Å²) in [6.45, 7) is 4.02. The Kier molecular flexibility index (Phi) is 4.25. The smallest absolute Gasteiger partial charge is 0.162 e. The average molecular weight is 346 g/mol. The highest BCUT2D eigenvalue weighted by Crippen LogP contribution is 2.31. The first-order valence-electron chi connectivity index (χ1n) is 5.48. The summed E-state index contributed by atoms with van der Waals surface area (Å²) in [6.07, 6.45) is 0. The van der Waals surface area contributed by atoms with Gasteiger partial charge in [0.2, 0.25) is 0 Å². The summed E-state index contributed by atoms with van der Waals surface area (Å²) in [5.74, 6) is 0.734. The fraction of sp³-hybridized carbons (Fsp3) is 0.231. The zero-order valence-corrected chi connectivity index (χ0v) is 13.0. The van der Waals surface area contributed by atoms with E-state index in [0.29, 0.717) is 16.1 Å². The molecular formula is C13H11BrCl2N2. The van der Waals surface area contributed by atoms with Crippen molar-refractivity contribution in [2.24, 2.45) is 0 Å². The summed E-state index contributed by atoms with van der Waals surface area (Å²) >= 11 is 15.8. The van der Waals surface area contributed by atoms with Crippen molar-refractivity contribution in [3.63, 3.8) is 0 Å². The highest BCUT2D eigenvalue weighted by atomic mass is 79.9. The Morgan fingerprint density at radius 1 is 1.11 bits per heavy atom. The molecule has 1 heterocycles. The van der Waals surface area contributed by atoms with Crippen molar-refractivity contribution in [3.05, 3.63) is 44.6 Å². The first kappa shape index (κ1) is 13.8. The van der Waals surface area contributed by atoms with Crippen molar-refractivity contribution in [2.75, 3.05) is 0 Å². The molecule has 0 atom stereocenters. The van der Waals surface area contributed by atoms with Gasteiger partial charge in [-0.3, -0.25) is 0 Å². The number of benzene rings is 1. The molecule has 0 N–H and O–H groups in total. The van der Waals surface area contributed by atoms with Gasteiger partial charge in [0.15, 0.2) is 5.82 Å². The summed E-state index contributed by atoms with van der Waals surface area (Å²) in [5, 5.41) is 0.833. The first-order chi connectivity index (χ1) is 8.49. The van der Waals surface area contributed by atoms with Crippen LogP contribution in [0.4, 0.5) is 0 Å². The standard InChI is InChI=1S/C13H11BrCl2N2/c1-7(2)10-11(15)17-13(18-12(10)16)8-4-3-5-9(14)6-8/h3-7H,1-2H3. The number of hydrogen-bond donors (Lipinski definition) is 0. The zero-order chi connectivity index (χ0) is 13.3. The molecule has 0 aliphatic carbocycles. The zero-order valence-electron chi connectivity index (χ0n) is 9.92. The van der Waals surface area contributed by atoms with Crippen LogP contribution in [0.3, 0.4) is 0 Å². The van der Waals surface area contributed by atoms with Gasteiger partial charge in [-0.2, -0.15) is 0 Å². The summed E-state index contributed by atoms with van der Waals surface area (Å²) < 4.78 is 0.962. The van der Waals surface area contributed by atoms with Crippen molar-refractivity contribution < 1.29 is 0 Å². The lowest BCUT2D eigenvalue weighted by atomic mass is 10.1. The number of hydrogen-bond acceptors (Lipinski definition) is 2. The largest absolute Gasteiger partial charge is 0.216 e. The van der Waals surface area contributed by atoms with Crippen LogP contribution in [0.1, 0.15) is 25.3 Å². The number of nitrogens with zero attached hydrogens (tertiary/aromatic N) is 2. The molecule has 2 nitrogen and oxygen atoms in total. The summed E-state index contributed by atoms with van der Waals surface area (Å²) in [5.41, 5.74) is 1.67. The van der Waals surface area contributed by atoms with Crippen LogP contribution in [0.5, 0.6) is 0 Å². The summed E-state index contributed by atoms with van der Waals surface area (Å²) in [4.78, 5) is 8.63. The summed E-state index contributed by atoms with van der Waals surface area (Å²) in [6, 6.07) is 7.70. The van der Waals surface area contributed by atoms with Gasteiger partial charge in [-0.25, -0.2) is 9.97 Å². The van der Waals surface area contributed by atoms with Gasteiger partial charge < -0.3 is 0 Å². The molecule has 0 aliphatic rings. The van der Waals surface area contributed by atoms with E-state index in [2.05, 4.69) is 25.9 Å². The van der Waals surface area contributed by atoms with Crippen LogP contribution in [0.15, 0.2) is 28.7 Å². The Balaban J connectivity index is 2.55. The second kappa shape index (κ2) is 5.55. The average Bonchev–Trinajstić information content (AvgIpc) is 2.27. The van der Waals surface area contributed by atoms with E-state index in [1.807, 2.05) is 38.1 Å². The Bertz CT molecular complexity index is 562. The van der Waals surface area contributed by atoms with E-state index >= 15 is 0 Å². The van der Waals surface area contributed by atoms with Crippen LogP contribution >= 0.6 is 39.1 Å². The van der Waals surface area contributed by atoms with Crippen LogP contribution in [0.2, 0.25) is 10.3 Å². The topological polar surface area (TPSA) is 25.8 Å². The number of rotatable bonds is 2. The quantitative estimate of drug-likeness (QED) is 0.687. The molecular weight excluding hydrogens is 335 g/mol. The van der Waals surface area contributed by atoms with Crippen molar-refractivity contribution in [1.82, 2.24) is 9.97 Å².